The quantitative estimate of drug-likeness (QED) is 0.851. The molecule has 0 atom stereocenters. The van der Waals surface area contributed by atoms with Crippen molar-refractivity contribution in [2.24, 2.45) is 0 Å². The van der Waals surface area contributed by atoms with Crippen LogP contribution < -0.4 is 10.1 Å². The van der Waals surface area contributed by atoms with E-state index in [1.54, 1.807) is 0 Å². The van der Waals surface area contributed by atoms with Gasteiger partial charge in [-0.15, -0.1) is 0 Å². The van der Waals surface area contributed by atoms with Gasteiger partial charge in [0.05, 0.1) is 13.7 Å². The van der Waals surface area contributed by atoms with Gasteiger partial charge < -0.3 is 14.8 Å². The lowest BCUT2D eigenvalue weighted by molar-refractivity contribution is 0.170. The standard InChI is InChI=1S/C12H17NO3/c1-4-16-11-6-5-10(7-9(11)2)8-13-12(14)15-3/h5-7H,4,8H2,1-3H3,(H,13,14). The summed E-state index contributed by atoms with van der Waals surface area (Å²) in [6.07, 6.45) is -0.425. The van der Waals surface area contributed by atoms with Gasteiger partial charge in [-0.05, 0) is 31.0 Å². The molecule has 0 unspecified atom stereocenters. The Morgan fingerprint density at radius 3 is 2.75 bits per heavy atom. The maximum atomic E-state index is 10.9. The van der Waals surface area contributed by atoms with E-state index in [-0.39, 0.29) is 0 Å². The van der Waals surface area contributed by atoms with E-state index in [0.29, 0.717) is 13.2 Å². The molecule has 0 bridgehead atoms. The molecule has 1 aromatic carbocycles. The first kappa shape index (κ1) is 12.4. The predicted octanol–water partition coefficient (Wildman–Crippen LogP) is 2.25. The zero-order valence-corrected chi connectivity index (χ0v) is 9.87. The Kier molecular flexibility index (Phi) is 4.64. The van der Waals surface area contributed by atoms with E-state index in [4.69, 9.17) is 4.74 Å². The summed E-state index contributed by atoms with van der Waals surface area (Å²) >= 11 is 0. The number of amides is 1. The average Bonchev–Trinajstić information content (AvgIpc) is 2.29. The molecule has 0 spiro atoms. The Labute approximate surface area is 95.6 Å². The molecule has 0 fully saturated rings. The van der Waals surface area contributed by atoms with Crippen LogP contribution in [0.1, 0.15) is 18.1 Å². The summed E-state index contributed by atoms with van der Waals surface area (Å²) in [5.74, 6) is 0.879. The molecule has 4 heteroatoms. The molecule has 0 aromatic heterocycles. The third-order valence-corrected chi connectivity index (χ3v) is 2.16. The second-order valence-electron chi connectivity index (χ2n) is 3.38. The third-order valence-electron chi connectivity index (χ3n) is 2.16. The normalized spacial score (nSPS) is 9.69. The number of carbonyl (C=O) groups is 1. The van der Waals surface area contributed by atoms with E-state index in [0.717, 1.165) is 16.9 Å². The van der Waals surface area contributed by atoms with Gasteiger partial charge >= 0.3 is 6.09 Å². The number of nitrogens with one attached hydrogen (secondary N) is 1. The largest absolute Gasteiger partial charge is 0.494 e. The van der Waals surface area contributed by atoms with Crippen molar-refractivity contribution >= 4 is 6.09 Å². The van der Waals surface area contributed by atoms with E-state index in [9.17, 15) is 4.79 Å². The summed E-state index contributed by atoms with van der Waals surface area (Å²) in [5.41, 5.74) is 2.08. The van der Waals surface area contributed by atoms with Crippen molar-refractivity contribution in [2.45, 2.75) is 20.4 Å². The number of ether oxygens (including phenoxy) is 2. The number of rotatable bonds is 4. The molecule has 0 aliphatic carbocycles. The highest BCUT2D eigenvalue weighted by molar-refractivity contribution is 5.66. The molecule has 0 aliphatic heterocycles. The van der Waals surface area contributed by atoms with Crippen LogP contribution in [0.5, 0.6) is 5.75 Å². The molecule has 1 rings (SSSR count). The van der Waals surface area contributed by atoms with Crippen LogP contribution in [0.3, 0.4) is 0 Å². The van der Waals surface area contributed by atoms with Crippen molar-refractivity contribution in [3.8, 4) is 5.75 Å². The van der Waals surface area contributed by atoms with Gasteiger partial charge in [-0.1, -0.05) is 12.1 Å². The maximum Gasteiger partial charge on any atom is 0.407 e. The topological polar surface area (TPSA) is 47.6 Å². The molecule has 1 amide bonds. The molecular weight excluding hydrogens is 206 g/mol. The zero-order valence-electron chi connectivity index (χ0n) is 9.87. The Hall–Kier alpha value is -1.71. The Morgan fingerprint density at radius 1 is 1.44 bits per heavy atom. The molecule has 0 saturated carbocycles. The number of benzene rings is 1. The molecule has 1 N–H and O–H groups in total. The van der Waals surface area contributed by atoms with Crippen molar-refractivity contribution in [2.75, 3.05) is 13.7 Å². The third kappa shape index (κ3) is 3.46. The van der Waals surface area contributed by atoms with E-state index in [1.165, 1.54) is 7.11 Å². The highest BCUT2D eigenvalue weighted by Crippen LogP contribution is 2.18. The smallest absolute Gasteiger partial charge is 0.407 e. The van der Waals surface area contributed by atoms with Crippen LogP contribution in [-0.4, -0.2) is 19.8 Å². The van der Waals surface area contributed by atoms with Crippen LogP contribution in [0.4, 0.5) is 4.79 Å². The SMILES string of the molecule is CCOc1ccc(CNC(=O)OC)cc1C. The van der Waals surface area contributed by atoms with Crippen molar-refractivity contribution in [1.82, 2.24) is 5.32 Å². The van der Waals surface area contributed by atoms with E-state index in [2.05, 4.69) is 10.1 Å². The lowest BCUT2D eigenvalue weighted by Crippen LogP contribution is -2.22. The van der Waals surface area contributed by atoms with Gasteiger partial charge in [0.1, 0.15) is 5.75 Å². The second-order valence-corrected chi connectivity index (χ2v) is 3.38. The van der Waals surface area contributed by atoms with Gasteiger partial charge in [-0.3, -0.25) is 0 Å². The number of hydrogen-bond acceptors (Lipinski definition) is 3. The summed E-state index contributed by atoms with van der Waals surface area (Å²) in [4.78, 5) is 10.9. The minimum Gasteiger partial charge on any atom is -0.494 e. The fourth-order valence-electron chi connectivity index (χ4n) is 1.39. The second kappa shape index (κ2) is 6.00. The number of alkyl carbamates (subject to hydrolysis) is 1. The molecule has 88 valence electrons. The van der Waals surface area contributed by atoms with Crippen molar-refractivity contribution in [3.05, 3.63) is 29.3 Å². The number of carbonyl (C=O) groups excluding carboxylic acids is 1. The molecule has 0 aliphatic rings. The minimum atomic E-state index is -0.425. The molecule has 0 radical (unpaired) electrons. The van der Waals surface area contributed by atoms with Gasteiger partial charge in [-0.2, -0.15) is 0 Å². The zero-order chi connectivity index (χ0) is 12.0. The fourth-order valence-corrected chi connectivity index (χ4v) is 1.39. The van der Waals surface area contributed by atoms with Crippen molar-refractivity contribution in [3.63, 3.8) is 0 Å². The molecule has 16 heavy (non-hydrogen) atoms. The van der Waals surface area contributed by atoms with Gasteiger partial charge in [0.25, 0.3) is 0 Å². The Balaban J connectivity index is 2.62. The number of hydrogen-bond donors (Lipinski definition) is 1. The van der Waals surface area contributed by atoms with Crippen LogP contribution in [-0.2, 0) is 11.3 Å². The average molecular weight is 223 g/mol. The number of methoxy groups -OCH3 is 1. The molecule has 0 heterocycles. The van der Waals surface area contributed by atoms with E-state index >= 15 is 0 Å². The first-order chi connectivity index (χ1) is 7.67. The summed E-state index contributed by atoms with van der Waals surface area (Å²) < 4.78 is 9.92. The van der Waals surface area contributed by atoms with Gasteiger partial charge in [-0.25, -0.2) is 4.79 Å². The van der Waals surface area contributed by atoms with Crippen molar-refractivity contribution < 1.29 is 14.3 Å². The Bertz CT molecular complexity index is 363. The van der Waals surface area contributed by atoms with Crippen LogP contribution in [0.15, 0.2) is 18.2 Å². The molecule has 4 nitrogen and oxygen atoms in total. The van der Waals surface area contributed by atoms with Gasteiger partial charge in [0.15, 0.2) is 0 Å². The maximum absolute atomic E-state index is 10.9. The lowest BCUT2D eigenvalue weighted by atomic mass is 10.1. The number of aryl methyl sites for hydroxylation is 1. The van der Waals surface area contributed by atoms with Crippen LogP contribution in [0.2, 0.25) is 0 Å². The summed E-state index contributed by atoms with van der Waals surface area (Å²) in [7, 11) is 1.35. The summed E-state index contributed by atoms with van der Waals surface area (Å²) in [6.45, 7) is 5.04. The molecular formula is C12H17NO3. The highest BCUT2D eigenvalue weighted by Gasteiger charge is 2.02. The van der Waals surface area contributed by atoms with E-state index < -0.39 is 6.09 Å². The lowest BCUT2D eigenvalue weighted by Gasteiger charge is -2.09. The van der Waals surface area contributed by atoms with Crippen LogP contribution in [0.25, 0.3) is 0 Å². The summed E-state index contributed by atoms with van der Waals surface area (Å²) in [6, 6.07) is 5.82. The van der Waals surface area contributed by atoms with Gasteiger partial charge in [0.2, 0.25) is 0 Å². The molecule has 1 aromatic rings. The predicted molar refractivity (Wildman–Crippen MR) is 61.6 cm³/mol. The van der Waals surface area contributed by atoms with Crippen LogP contribution >= 0.6 is 0 Å². The fraction of sp³-hybridized carbons (Fsp3) is 0.417. The Morgan fingerprint density at radius 2 is 2.19 bits per heavy atom. The van der Waals surface area contributed by atoms with Gasteiger partial charge in [0, 0.05) is 6.54 Å². The first-order valence-electron chi connectivity index (χ1n) is 5.21. The highest BCUT2D eigenvalue weighted by atomic mass is 16.5. The van der Waals surface area contributed by atoms with Crippen LogP contribution in [0, 0.1) is 6.92 Å². The minimum absolute atomic E-state index is 0.425. The monoisotopic (exact) mass is 223 g/mol. The first-order valence-corrected chi connectivity index (χ1v) is 5.21. The van der Waals surface area contributed by atoms with E-state index in [1.807, 2.05) is 32.0 Å². The summed E-state index contributed by atoms with van der Waals surface area (Å²) in [5, 5.41) is 2.63. The molecule has 0 saturated heterocycles. The van der Waals surface area contributed by atoms with Crippen molar-refractivity contribution in [1.29, 1.82) is 0 Å².